The minimum Gasteiger partial charge on any atom is -0.502 e. The zero-order valence-corrected chi connectivity index (χ0v) is 15.2. The van der Waals surface area contributed by atoms with Crippen LogP contribution in [0.15, 0.2) is 50.4 Å². The van der Waals surface area contributed by atoms with Crippen molar-refractivity contribution >= 4 is 50.4 Å². The molecule has 0 saturated heterocycles. The number of non-ortho nitro benzene ring substituents is 1. The third kappa shape index (κ3) is 3.81. The van der Waals surface area contributed by atoms with E-state index in [0.29, 0.717) is 9.86 Å². The predicted octanol–water partition coefficient (Wildman–Crippen LogP) is 3.48. The first-order valence-corrected chi connectivity index (χ1v) is 8.24. The van der Waals surface area contributed by atoms with E-state index in [-0.39, 0.29) is 22.6 Å². The number of phenols is 1. The van der Waals surface area contributed by atoms with E-state index in [2.05, 4.69) is 26.5 Å². The zero-order valence-electron chi connectivity index (χ0n) is 13.7. The number of nitro benzene ring substituents is 2. The molecule has 28 heavy (non-hydrogen) atoms. The van der Waals surface area contributed by atoms with Crippen LogP contribution in [-0.2, 0) is 0 Å². The van der Waals surface area contributed by atoms with Crippen LogP contribution in [0.2, 0.25) is 0 Å². The van der Waals surface area contributed by atoms with Crippen molar-refractivity contribution in [2.24, 2.45) is 5.10 Å². The Hall–Kier alpha value is -3.80. The molecule has 2 N–H and O–H groups in total. The molecule has 0 bridgehead atoms. The quantitative estimate of drug-likeness (QED) is 0.342. The maximum Gasteiger partial charge on any atom is 0.312 e. The molecule has 0 radical (unpaired) electrons. The monoisotopic (exact) mass is 448 g/mol. The Morgan fingerprint density at radius 2 is 1.93 bits per heavy atom. The van der Waals surface area contributed by atoms with Gasteiger partial charge in [0.15, 0.2) is 5.76 Å². The number of carbonyl (C=O) groups is 1. The molecule has 0 unspecified atom stereocenters. The molecule has 1 heterocycles. The van der Waals surface area contributed by atoms with Gasteiger partial charge in [-0.1, -0.05) is 15.9 Å². The second-order valence-electron chi connectivity index (χ2n) is 5.41. The fourth-order valence-corrected chi connectivity index (χ4v) is 2.78. The highest BCUT2D eigenvalue weighted by molar-refractivity contribution is 9.10. The lowest BCUT2D eigenvalue weighted by Gasteiger charge is -2.01. The van der Waals surface area contributed by atoms with E-state index < -0.39 is 27.2 Å². The minimum absolute atomic E-state index is 0.00149. The van der Waals surface area contributed by atoms with Crippen molar-refractivity contribution < 1.29 is 24.2 Å². The van der Waals surface area contributed by atoms with Crippen LogP contribution in [-0.4, -0.2) is 27.1 Å². The highest BCUT2D eigenvalue weighted by atomic mass is 79.9. The lowest BCUT2D eigenvalue weighted by Crippen LogP contribution is -2.16. The number of furan rings is 1. The number of carbonyl (C=O) groups excluding carboxylic acids is 1. The van der Waals surface area contributed by atoms with Crippen molar-refractivity contribution in [3.05, 3.63) is 72.4 Å². The van der Waals surface area contributed by atoms with Gasteiger partial charge in [-0.2, -0.15) is 5.10 Å². The van der Waals surface area contributed by atoms with Gasteiger partial charge >= 0.3 is 11.6 Å². The number of nitrogens with zero attached hydrogens (tertiary/aromatic N) is 3. The van der Waals surface area contributed by atoms with E-state index in [1.54, 1.807) is 0 Å². The number of hydrogen-bond acceptors (Lipinski definition) is 8. The molecule has 2 aromatic carbocycles. The normalized spacial score (nSPS) is 11.0. The summed E-state index contributed by atoms with van der Waals surface area (Å²) in [5.41, 5.74) is 1.75. The number of hydrogen-bond donors (Lipinski definition) is 2. The van der Waals surface area contributed by atoms with Crippen molar-refractivity contribution in [3.63, 3.8) is 0 Å². The number of phenolic OH excluding ortho intramolecular Hbond substituents is 1. The maximum absolute atomic E-state index is 12.1. The number of rotatable bonds is 5. The zero-order chi connectivity index (χ0) is 20.4. The summed E-state index contributed by atoms with van der Waals surface area (Å²) in [7, 11) is 0. The number of amides is 1. The molecule has 0 aliphatic rings. The summed E-state index contributed by atoms with van der Waals surface area (Å²) in [6, 6.07) is 7.68. The molecule has 3 rings (SSSR count). The molecule has 0 aliphatic heterocycles. The molecule has 3 aromatic rings. The number of fused-ring (bicyclic) bond motifs is 1. The van der Waals surface area contributed by atoms with E-state index in [4.69, 9.17) is 4.42 Å². The Bertz CT molecular complexity index is 1160. The van der Waals surface area contributed by atoms with E-state index in [9.17, 15) is 30.1 Å². The standard InChI is InChI=1S/C16H9BrN4O7/c17-10-3-9(15(22)12(6-10)21(26)27)7-18-19-16(23)14-5-8-4-11(20(24)25)1-2-13(8)28-14/h1-7,22H,(H,19,23)/b18-7-. The third-order valence-corrected chi connectivity index (χ3v) is 4.04. The first kappa shape index (κ1) is 19.0. The highest BCUT2D eigenvalue weighted by Crippen LogP contribution is 2.32. The molecule has 0 fully saturated rings. The van der Waals surface area contributed by atoms with Crippen LogP contribution in [0.4, 0.5) is 11.4 Å². The summed E-state index contributed by atoms with van der Waals surface area (Å²) in [6.07, 6.45) is 1.03. The number of nitrogens with one attached hydrogen (secondary N) is 1. The van der Waals surface area contributed by atoms with E-state index >= 15 is 0 Å². The minimum atomic E-state index is -0.760. The van der Waals surface area contributed by atoms with Gasteiger partial charge < -0.3 is 9.52 Å². The summed E-state index contributed by atoms with van der Waals surface area (Å²) >= 11 is 3.08. The third-order valence-electron chi connectivity index (χ3n) is 3.58. The van der Waals surface area contributed by atoms with Crippen molar-refractivity contribution in [2.45, 2.75) is 0 Å². The summed E-state index contributed by atoms with van der Waals surface area (Å²) in [6.45, 7) is 0. The van der Waals surface area contributed by atoms with Gasteiger partial charge in [0, 0.05) is 33.6 Å². The van der Waals surface area contributed by atoms with Crippen LogP contribution < -0.4 is 5.43 Å². The second-order valence-corrected chi connectivity index (χ2v) is 6.32. The van der Waals surface area contributed by atoms with Crippen LogP contribution in [0, 0.1) is 20.2 Å². The number of benzene rings is 2. The molecule has 0 saturated carbocycles. The Labute approximate surface area is 163 Å². The second kappa shape index (κ2) is 7.44. The Kier molecular flexibility index (Phi) is 5.04. The molecule has 1 amide bonds. The maximum atomic E-state index is 12.1. The lowest BCUT2D eigenvalue weighted by molar-refractivity contribution is -0.386. The lowest BCUT2D eigenvalue weighted by atomic mass is 10.2. The fourth-order valence-electron chi connectivity index (χ4n) is 2.31. The van der Waals surface area contributed by atoms with Crippen LogP contribution in [0.5, 0.6) is 5.75 Å². The molecule has 142 valence electrons. The molecular formula is C16H9BrN4O7. The summed E-state index contributed by atoms with van der Waals surface area (Å²) in [4.78, 5) is 32.5. The molecule has 0 aliphatic carbocycles. The van der Waals surface area contributed by atoms with Crippen LogP contribution in [0.1, 0.15) is 16.1 Å². The first-order valence-electron chi connectivity index (χ1n) is 7.44. The Balaban J connectivity index is 1.80. The average molecular weight is 449 g/mol. The van der Waals surface area contributed by atoms with E-state index in [1.165, 1.54) is 30.3 Å². The average Bonchev–Trinajstić information content (AvgIpc) is 3.07. The highest BCUT2D eigenvalue weighted by Gasteiger charge is 2.18. The van der Waals surface area contributed by atoms with Gasteiger partial charge in [-0.3, -0.25) is 25.0 Å². The molecule has 12 heteroatoms. The number of aromatic hydroxyl groups is 1. The Morgan fingerprint density at radius 3 is 2.61 bits per heavy atom. The van der Waals surface area contributed by atoms with Gasteiger partial charge in [-0.05, 0) is 18.2 Å². The summed E-state index contributed by atoms with van der Waals surface area (Å²) < 4.78 is 5.64. The van der Waals surface area contributed by atoms with Gasteiger partial charge in [0.25, 0.3) is 5.69 Å². The van der Waals surface area contributed by atoms with E-state index in [0.717, 1.165) is 12.3 Å². The first-order chi connectivity index (χ1) is 13.3. The summed E-state index contributed by atoms with van der Waals surface area (Å²) in [5.74, 6) is -1.50. The summed E-state index contributed by atoms with van der Waals surface area (Å²) in [5, 5.41) is 35.6. The van der Waals surface area contributed by atoms with Crippen molar-refractivity contribution in [1.82, 2.24) is 5.43 Å². The topological polar surface area (TPSA) is 161 Å². The van der Waals surface area contributed by atoms with Gasteiger partial charge in [-0.25, -0.2) is 5.43 Å². The SMILES string of the molecule is O=C(N/N=C\c1cc(Br)cc([N+](=O)[O-])c1O)c1cc2cc([N+](=O)[O-])ccc2o1. The van der Waals surface area contributed by atoms with Crippen LogP contribution >= 0.6 is 15.9 Å². The van der Waals surface area contributed by atoms with Crippen LogP contribution in [0.25, 0.3) is 11.0 Å². The molecule has 11 nitrogen and oxygen atoms in total. The molecule has 0 spiro atoms. The van der Waals surface area contributed by atoms with Crippen LogP contribution in [0.3, 0.4) is 0 Å². The molecule has 0 atom stereocenters. The molecular weight excluding hydrogens is 440 g/mol. The van der Waals surface area contributed by atoms with E-state index in [1.807, 2.05) is 0 Å². The number of hydrazone groups is 1. The van der Waals surface area contributed by atoms with Gasteiger partial charge in [0.2, 0.25) is 5.75 Å². The molecule has 1 aromatic heterocycles. The predicted molar refractivity (Wildman–Crippen MR) is 100 cm³/mol. The largest absolute Gasteiger partial charge is 0.502 e. The van der Waals surface area contributed by atoms with Crippen molar-refractivity contribution in [2.75, 3.05) is 0 Å². The number of halogens is 1. The van der Waals surface area contributed by atoms with Crippen molar-refractivity contribution in [3.8, 4) is 5.75 Å². The van der Waals surface area contributed by atoms with Crippen molar-refractivity contribution in [1.29, 1.82) is 0 Å². The van der Waals surface area contributed by atoms with Gasteiger partial charge in [-0.15, -0.1) is 0 Å². The fraction of sp³-hybridized carbons (Fsp3) is 0. The Morgan fingerprint density at radius 1 is 1.18 bits per heavy atom. The smallest absolute Gasteiger partial charge is 0.312 e. The van der Waals surface area contributed by atoms with Gasteiger partial charge in [0.1, 0.15) is 5.58 Å². The number of nitro groups is 2. The van der Waals surface area contributed by atoms with Gasteiger partial charge in [0.05, 0.1) is 16.1 Å².